The quantitative estimate of drug-likeness (QED) is 0.453. The van der Waals surface area contributed by atoms with Crippen molar-refractivity contribution in [3.8, 4) is 11.3 Å². The van der Waals surface area contributed by atoms with Crippen LogP contribution in [0, 0.1) is 0 Å². The zero-order valence-corrected chi connectivity index (χ0v) is 17.3. The average molecular weight is 393 g/mol. The fraction of sp³-hybridized carbons (Fsp3) is 0.409. The highest BCUT2D eigenvalue weighted by Gasteiger charge is 2.20. The Morgan fingerprint density at radius 2 is 1.66 bits per heavy atom. The second-order valence-electron chi connectivity index (χ2n) is 7.61. The van der Waals surface area contributed by atoms with Gasteiger partial charge in [0.15, 0.2) is 11.2 Å². The van der Waals surface area contributed by atoms with Crippen LogP contribution in [0.5, 0.6) is 0 Å². The van der Waals surface area contributed by atoms with E-state index in [1.165, 1.54) is 30.9 Å². The molecule has 0 aliphatic carbocycles. The van der Waals surface area contributed by atoms with Gasteiger partial charge in [0, 0.05) is 26.8 Å². The van der Waals surface area contributed by atoms with Gasteiger partial charge in [0.1, 0.15) is 0 Å². The van der Waals surface area contributed by atoms with Crippen LogP contribution in [0.2, 0.25) is 0 Å². The Morgan fingerprint density at radius 3 is 2.38 bits per heavy atom. The number of rotatable bonds is 7. The largest absolute Gasteiger partial charge is 0.332 e. The zero-order chi connectivity index (χ0) is 20.5. The molecule has 7 nitrogen and oxygen atoms in total. The van der Waals surface area contributed by atoms with Crippen molar-refractivity contribution in [2.75, 3.05) is 0 Å². The van der Waals surface area contributed by atoms with Gasteiger partial charge in [-0.2, -0.15) is 4.98 Å². The van der Waals surface area contributed by atoms with E-state index in [4.69, 9.17) is 4.98 Å². The summed E-state index contributed by atoms with van der Waals surface area (Å²) in [4.78, 5) is 29.9. The second-order valence-corrected chi connectivity index (χ2v) is 7.61. The molecule has 1 aromatic carbocycles. The molecule has 0 atom stereocenters. The Morgan fingerprint density at radius 1 is 0.931 bits per heavy atom. The lowest BCUT2D eigenvalue weighted by molar-refractivity contribution is 0.577. The van der Waals surface area contributed by atoms with Crippen LogP contribution in [0.4, 0.5) is 0 Å². The Balaban J connectivity index is 1.91. The standard InChI is InChI=1S/C22H27N5O2/c1-4-5-6-7-11-14-26-17(16-12-9-8-10-13-16)15-27-18-19(23-21(26)27)24(2)22(29)25(3)20(18)28/h8-10,12-13,15H,4-7,11,14H2,1-3H3. The molecule has 4 rings (SSSR count). The summed E-state index contributed by atoms with van der Waals surface area (Å²) in [5.74, 6) is 0.702. The fourth-order valence-electron chi connectivity index (χ4n) is 3.95. The van der Waals surface area contributed by atoms with Gasteiger partial charge in [0.25, 0.3) is 5.56 Å². The first kappa shape index (κ1) is 19.2. The minimum atomic E-state index is -0.363. The topological polar surface area (TPSA) is 66.2 Å². The molecule has 0 spiro atoms. The maximum absolute atomic E-state index is 12.8. The number of aromatic nitrogens is 5. The molecule has 29 heavy (non-hydrogen) atoms. The minimum absolute atomic E-state index is 0.324. The van der Waals surface area contributed by atoms with Crippen LogP contribution in [0.1, 0.15) is 39.0 Å². The van der Waals surface area contributed by atoms with Crippen molar-refractivity contribution in [3.05, 3.63) is 57.4 Å². The van der Waals surface area contributed by atoms with E-state index in [1.54, 1.807) is 7.05 Å². The molecule has 0 radical (unpaired) electrons. The van der Waals surface area contributed by atoms with E-state index in [2.05, 4.69) is 23.6 Å². The van der Waals surface area contributed by atoms with E-state index in [1.807, 2.05) is 28.8 Å². The number of unbranched alkanes of at least 4 members (excludes halogenated alkanes) is 4. The molecule has 0 amide bonds. The minimum Gasteiger partial charge on any atom is -0.310 e. The predicted molar refractivity (Wildman–Crippen MR) is 115 cm³/mol. The number of benzene rings is 1. The van der Waals surface area contributed by atoms with E-state index in [9.17, 15) is 9.59 Å². The van der Waals surface area contributed by atoms with Crippen LogP contribution < -0.4 is 11.2 Å². The summed E-state index contributed by atoms with van der Waals surface area (Å²) in [5, 5.41) is 0. The van der Waals surface area contributed by atoms with Gasteiger partial charge in [0.2, 0.25) is 5.78 Å². The summed E-state index contributed by atoms with van der Waals surface area (Å²) >= 11 is 0. The molecule has 3 aromatic heterocycles. The van der Waals surface area contributed by atoms with E-state index < -0.39 is 0 Å². The van der Waals surface area contributed by atoms with Crippen LogP contribution in [0.3, 0.4) is 0 Å². The SMILES string of the molecule is CCCCCCCn1c(-c2ccccc2)cn2c3c(=O)n(C)c(=O)n(C)c3nc12. The fourth-order valence-corrected chi connectivity index (χ4v) is 3.95. The van der Waals surface area contributed by atoms with Crippen molar-refractivity contribution in [1.29, 1.82) is 0 Å². The normalized spacial score (nSPS) is 11.7. The third kappa shape index (κ3) is 3.20. The number of aryl methyl sites for hydroxylation is 2. The molecule has 4 aromatic rings. The molecule has 0 unspecified atom stereocenters. The van der Waals surface area contributed by atoms with E-state index in [0.717, 1.165) is 35.2 Å². The molecule has 0 aliphatic heterocycles. The second kappa shape index (κ2) is 7.73. The molecule has 0 aliphatic rings. The molecule has 0 fully saturated rings. The first-order valence-electron chi connectivity index (χ1n) is 10.3. The highest BCUT2D eigenvalue weighted by molar-refractivity contribution is 5.78. The van der Waals surface area contributed by atoms with Gasteiger partial charge in [-0.05, 0) is 12.0 Å². The highest BCUT2D eigenvalue weighted by atomic mass is 16.2. The lowest BCUT2D eigenvalue weighted by Gasteiger charge is -2.09. The van der Waals surface area contributed by atoms with Gasteiger partial charge in [0.05, 0.1) is 5.69 Å². The summed E-state index contributed by atoms with van der Waals surface area (Å²) in [6.45, 7) is 3.03. The summed E-state index contributed by atoms with van der Waals surface area (Å²) in [7, 11) is 3.16. The monoisotopic (exact) mass is 393 g/mol. The summed E-state index contributed by atoms with van der Waals surface area (Å²) in [6.07, 6.45) is 7.86. The lowest BCUT2D eigenvalue weighted by atomic mass is 10.1. The predicted octanol–water partition coefficient (Wildman–Crippen LogP) is 3.32. The number of hydrogen-bond acceptors (Lipinski definition) is 3. The van der Waals surface area contributed by atoms with Gasteiger partial charge < -0.3 is 4.57 Å². The first-order chi connectivity index (χ1) is 14.0. The van der Waals surface area contributed by atoms with Crippen molar-refractivity contribution < 1.29 is 0 Å². The number of imidazole rings is 2. The third-order valence-corrected chi connectivity index (χ3v) is 5.61. The molecule has 0 saturated carbocycles. The lowest BCUT2D eigenvalue weighted by Crippen LogP contribution is -2.37. The van der Waals surface area contributed by atoms with Gasteiger partial charge in [-0.25, -0.2) is 4.79 Å². The van der Waals surface area contributed by atoms with Crippen LogP contribution in [0.15, 0.2) is 46.1 Å². The molecule has 3 heterocycles. The van der Waals surface area contributed by atoms with E-state index >= 15 is 0 Å². The Labute approximate surface area is 168 Å². The molecule has 0 bridgehead atoms. The number of fused-ring (bicyclic) bond motifs is 3. The van der Waals surface area contributed by atoms with Crippen molar-refractivity contribution in [3.63, 3.8) is 0 Å². The van der Waals surface area contributed by atoms with Gasteiger partial charge in [-0.3, -0.25) is 18.3 Å². The van der Waals surface area contributed by atoms with Crippen molar-refractivity contribution >= 4 is 16.9 Å². The van der Waals surface area contributed by atoms with Crippen LogP contribution in [0.25, 0.3) is 28.2 Å². The average Bonchev–Trinajstić information content (AvgIpc) is 3.28. The summed E-state index contributed by atoms with van der Waals surface area (Å²) < 4.78 is 6.59. The van der Waals surface area contributed by atoms with Crippen molar-refractivity contribution in [2.24, 2.45) is 14.1 Å². The number of nitrogens with zero attached hydrogens (tertiary/aromatic N) is 5. The zero-order valence-electron chi connectivity index (χ0n) is 17.3. The smallest absolute Gasteiger partial charge is 0.310 e. The molecule has 7 heteroatoms. The van der Waals surface area contributed by atoms with E-state index in [0.29, 0.717) is 16.9 Å². The molecule has 152 valence electrons. The van der Waals surface area contributed by atoms with Crippen LogP contribution >= 0.6 is 0 Å². The Kier molecular flexibility index (Phi) is 5.13. The summed E-state index contributed by atoms with van der Waals surface area (Å²) in [5.41, 5.74) is 2.29. The molecular formula is C22H27N5O2. The Hall–Kier alpha value is -3.09. The maximum Gasteiger partial charge on any atom is 0.332 e. The molecular weight excluding hydrogens is 366 g/mol. The van der Waals surface area contributed by atoms with Gasteiger partial charge >= 0.3 is 5.69 Å². The number of hydrogen-bond donors (Lipinski definition) is 0. The van der Waals surface area contributed by atoms with Crippen LogP contribution in [-0.2, 0) is 20.6 Å². The molecule has 0 saturated heterocycles. The van der Waals surface area contributed by atoms with Crippen LogP contribution in [-0.4, -0.2) is 23.1 Å². The first-order valence-corrected chi connectivity index (χ1v) is 10.3. The maximum atomic E-state index is 12.8. The molecule has 0 N–H and O–H groups in total. The van der Waals surface area contributed by atoms with E-state index in [-0.39, 0.29) is 11.2 Å². The summed E-state index contributed by atoms with van der Waals surface area (Å²) in [6, 6.07) is 10.2. The van der Waals surface area contributed by atoms with Gasteiger partial charge in [-0.15, -0.1) is 0 Å². The van der Waals surface area contributed by atoms with Crippen molar-refractivity contribution in [2.45, 2.75) is 45.6 Å². The highest BCUT2D eigenvalue weighted by Crippen LogP contribution is 2.26. The van der Waals surface area contributed by atoms with Gasteiger partial charge in [-0.1, -0.05) is 62.9 Å². The third-order valence-electron chi connectivity index (χ3n) is 5.61. The Bertz CT molecular complexity index is 1270. The van der Waals surface area contributed by atoms with Crippen molar-refractivity contribution in [1.82, 2.24) is 23.1 Å².